The summed E-state index contributed by atoms with van der Waals surface area (Å²) in [6.07, 6.45) is 0. The first-order valence-corrected chi connectivity index (χ1v) is 6.83. The predicted molar refractivity (Wildman–Crippen MR) is 78.7 cm³/mol. The van der Waals surface area contributed by atoms with Crippen molar-refractivity contribution in [2.45, 2.75) is 13.0 Å². The zero-order valence-electron chi connectivity index (χ0n) is 11.4. The molecule has 0 aliphatic carbocycles. The second-order valence-corrected chi connectivity index (χ2v) is 5.66. The summed E-state index contributed by atoms with van der Waals surface area (Å²) in [5.74, 6) is 0. The fourth-order valence-corrected chi connectivity index (χ4v) is 2.70. The Labute approximate surface area is 115 Å². The van der Waals surface area contributed by atoms with Gasteiger partial charge in [0.05, 0.1) is 0 Å². The van der Waals surface area contributed by atoms with Gasteiger partial charge in [0, 0.05) is 50.0 Å². The number of likely N-dealkylation sites (N-methyl/N-ethyl adjacent to an activating group) is 2. The van der Waals surface area contributed by atoms with Crippen LogP contribution in [-0.2, 0) is 0 Å². The molecular formula is C14H22ClN3. The summed E-state index contributed by atoms with van der Waals surface area (Å²) < 4.78 is 0. The van der Waals surface area contributed by atoms with Crippen LogP contribution in [0.3, 0.4) is 0 Å². The molecule has 1 N–H and O–H groups in total. The van der Waals surface area contributed by atoms with Crippen molar-refractivity contribution in [1.82, 2.24) is 10.2 Å². The Morgan fingerprint density at radius 3 is 3.00 bits per heavy atom. The van der Waals surface area contributed by atoms with Gasteiger partial charge in [0.15, 0.2) is 0 Å². The van der Waals surface area contributed by atoms with Crippen molar-refractivity contribution < 1.29 is 0 Å². The van der Waals surface area contributed by atoms with Gasteiger partial charge in [-0.15, -0.1) is 0 Å². The molecule has 1 aromatic carbocycles. The summed E-state index contributed by atoms with van der Waals surface area (Å²) >= 11 is 6.08. The summed E-state index contributed by atoms with van der Waals surface area (Å²) in [5.41, 5.74) is 2.49. The maximum absolute atomic E-state index is 6.08. The second kappa shape index (κ2) is 5.91. The van der Waals surface area contributed by atoms with E-state index < -0.39 is 0 Å². The van der Waals surface area contributed by atoms with E-state index in [1.807, 2.05) is 12.1 Å². The third kappa shape index (κ3) is 3.37. The number of piperazine rings is 1. The Morgan fingerprint density at radius 1 is 1.50 bits per heavy atom. The predicted octanol–water partition coefficient (Wildman–Crippen LogP) is 1.99. The fourth-order valence-electron chi connectivity index (χ4n) is 2.54. The topological polar surface area (TPSA) is 18.5 Å². The molecule has 1 saturated heterocycles. The molecule has 1 heterocycles. The largest absolute Gasteiger partial charge is 0.373 e. The highest BCUT2D eigenvalue weighted by atomic mass is 35.5. The maximum atomic E-state index is 6.08. The van der Waals surface area contributed by atoms with Gasteiger partial charge in [0.1, 0.15) is 0 Å². The maximum Gasteiger partial charge on any atom is 0.0426 e. The molecule has 3 nitrogen and oxygen atoms in total. The minimum atomic E-state index is 0.520. The van der Waals surface area contributed by atoms with Crippen molar-refractivity contribution in [2.24, 2.45) is 0 Å². The lowest BCUT2D eigenvalue weighted by atomic mass is 10.1. The lowest BCUT2D eigenvalue weighted by Gasteiger charge is -2.34. The molecule has 18 heavy (non-hydrogen) atoms. The Balaban J connectivity index is 2.02. The third-order valence-corrected chi connectivity index (χ3v) is 3.77. The van der Waals surface area contributed by atoms with Crippen LogP contribution < -0.4 is 10.2 Å². The Kier molecular flexibility index (Phi) is 4.49. The molecule has 0 bridgehead atoms. The zero-order chi connectivity index (χ0) is 13.1. The summed E-state index contributed by atoms with van der Waals surface area (Å²) in [6, 6.07) is 6.59. The first-order valence-electron chi connectivity index (χ1n) is 6.45. The van der Waals surface area contributed by atoms with Gasteiger partial charge >= 0.3 is 0 Å². The number of nitrogens with one attached hydrogen (secondary N) is 1. The van der Waals surface area contributed by atoms with Crippen LogP contribution in [0.4, 0.5) is 5.69 Å². The van der Waals surface area contributed by atoms with Gasteiger partial charge < -0.3 is 15.1 Å². The van der Waals surface area contributed by atoms with Crippen LogP contribution in [0.1, 0.15) is 5.56 Å². The van der Waals surface area contributed by atoms with Crippen LogP contribution in [0.15, 0.2) is 18.2 Å². The molecule has 2 rings (SSSR count). The number of hydrogen-bond donors (Lipinski definition) is 1. The minimum absolute atomic E-state index is 0.520. The average molecular weight is 268 g/mol. The molecule has 1 aliphatic rings. The van der Waals surface area contributed by atoms with E-state index in [0.29, 0.717) is 6.04 Å². The minimum Gasteiger partial charge on any atom is -0.373 e. The first kappa shape index (κ1) is 13.7. The summed E-state index contributed by atoms with van der Waals surface area (Å²) in [7, 11) is 4.31. The highest BCUT2D eigenvalue weighted by Gasteiger charge is 2.18. The highest BCUT2D eigenvalue weighted by molar-refractivity contribution is 6.30. The monoisotopic (exact) mass is 267 g/mol. The number of halogens is 1. The standard InChI is InChI=1S/C14H22ClN3/c1-11-4-5-12(15)8-14(11)18(3)10-13-9-17(2)7-6-16-13/h4-5,8,13,16H,6-7,9-10H2,1-3H3. The molecule has 0 spiro atoms. The van der Waals surface area contributed by atoms with Crippen LogP contribution in [-0.4, -0.2) is 51.2 Å². The first-order chi connectivity index (χ1) is 8.56. The van der Waals surface area contributed by atoms with E-state index in [4.69, 9.17) is 11.6 Å². The van der Waals surface area contributed by atoms with Gasteiger partial charge in [0.2, 0.25) is 0 Å². The smallest absolute Gasteiger partial charge is 0.0426 e. The molecule has 0 saturated carbocycles. The van der Waals surface area contributed by atoms with Crippen molar-refractivity contribution in [3.8, 4) is 0 Å². The van der Waals surface area contributed by atoms with Gasteiger partial charge in [0.25, 0.3) is 0 Å². The molecule has 100 valence electrons. The number of benzene rings is 1. The second-order valence-electron chi connectivity index (χ2n) is 5.22. The number of hydrogen-bond acceptors (Lipinski definition) is 3. The molecule has 1 atom stereocenters. The Hall–Kier alpha value is -0.770. The normalized spacial score (nSPS) is 21.0. The molecule has 0 radical (unpaired) electrons. The van der Waals surface area contributed by atoms with Crippen LogP contribution in [0.2, 0.25) is 5.02 Å². The highest BCUT2D eigenvalue weighted by Crippen LogP contribution is 2.23. The third-order valence-electron chi connectivity index (χ3n) is 3.54. The summed E-state index contributed by atoms with van der Waals surface area (Å²) in [6.45, 7) is 6.44. The fraction of sp³-hybridized carbons (Fsp3) is 0.571. The lowest BCUT2D eigenvalue weighted by Crippen LogP contribution is -2.53. The molecule has 1 fully saturated rings. The quantitative estimate of drug-likeness (QED) is 0.904. The van der Waals surface area contributed by atoms with Crippen molar-refractivity contribution in [1.29, 1.82) is 0 Å². The van der Waals surface area contributed by atoms with E-state index in [0.717, 1.165) is 31.2 Å². The number of anilines is 1. The van der Waals surface area contributed by atoms with E-state index in [1.54, 1.807) is 0 Å². The molecule has 1 aliphatic heterocycles. The van der Waals surface area contributed by atoms with Crippen LogP contribution >= 0.6 is 11.6 Å². The number of aryl methyl sites for hydroxylation is 1. The van der Waals surface area contributed by atoms with Gasteiger partial charge in [-0.1, -0.05) is 17.7 Å². The van der Waals surface area contributed by atoms with E-state index in [2.05, 4.69) is 42.2 Å². The van der Waals surface area contributed by atoms with Crippen LogP contribution in [0.25, 0.3) is 0 Å². The van der Waals surface area contributed by atoms with Gasteiger partial charge in [-0.3, -0.25) is 0 Å². The SMILES string of the molecule is Cc1ccc(Cl)cc1N(C)CC1CN(C)CCN1. The van der Waals surface area contributed by atoms with E-state index in [-0.39, 0.29) is 0 Å². The van der Waals surface area contributed by atoms with Crippen molar-refractivity contribution in [3.63, 3.8) is 0 Å². The Morgan fingerprint density at radius 2 is 2.28 bits per heavy atom. The zero-order valence-corrected chi connectivity index (χ0v) is 12.2. The van der Waals surface area contributed by atoms with Crippen molar-refractivity contribution in [3.05, 3.63) is 28.8 Å². The van der Waals surface area contributed by atoms with E-state index in [9.17, 15) is 0 Å². The lowest BCUT2D eigenvalue weighted by molar-refractivity contribution is 0.241. The summed E-state index contributed by atoms with van der Waals surface area (Å²) in [4.78, 5) is 4.66. The van der Waals surface area contributed by atoms with E-state index in [1.165, 1.54) is 11.3 Å². The Bertz CT molecular complexity index is 408. The van der Waals surface area contributed by atoms with Gasteiger partial charge in [-0.2, -0.15) is 0 Å². The molecule has 0 aromatic heterocycles. The summed E-state index contributed by atoms with van der Waals surface area (Å²) in [5, 5.41) is 4.37. The number of rotatable bonds is 3. The molecule has 1 aromatic rings. The molecule has 0 amide bonds. The average Bonchev–Trinajstić information content (AvgIpc) is 2.32. The molecule has 1 unspecified atom stereocenters. The molecular weight excluding hydrogens is 246 g/mol. The molecule has 4 heteroatoms. The van der Waals surface area contributed by atoms with Crippen molar-refractivity contribution in [2.75, 3.05) is 45.2 Å². The number of nitrogens with zero attached hydrogens (tertiary/aromatic N) is 2. The van der Waals surface area contributed by atoms with Gasteiger partial charge in [-0.25, -0.2) is 0 Å². The van der Waals surface area contributed by atoms with Crippen LogP contribution in [0, 0.1) is 6.92 Å². The van der Waals surface area contributed by atoms with E-state index >= 15 is 0 Å². The van der Waals surface area contributed by atoms with Crippen molar-refractivity contribution >= 4 is 17.3 Å². The van der Waals surface area contributed by atoms with Gasteiger partial charge in [-0.05, 0) is 31.7 Å². The van der Waals surface area contributed by atoms with Crippen LogP contribution in [0.5, 0.6) is 0 Å².